The fraction of sp³-hybridized carbons (Fsp3) is 0.250. The summed E-state index contributed by atoms with van der Waals surface area (Å²) in [5.41, 5.74) is 5.79. The van der Waals surface area contributed by atoms with Gasteiger partial charge in [0.25, 0.3) is 5.91 Å². The number of hydrogen-bond donors (Lipinski definition) is 3. The van der Waals surface area contributed by atoms with E-state index in [1.54, 1.807) is 0 Å². The number of hydrogen-bond acceptors (Lipinski definition) is 7. The average Bonchev–Trinajstić information content (AvgIpc) is 2.73. The van der Waals surface area contributed by atoms with Crippen LogP contribution in [0.25, 0.3) is 0 Å². The van der Waals surface area contributed by atoms with E-state index in [1.807, 2.05) is 0 Å². The van der Waals surface area contributed by atoms with Gasteiger partial charge >= 0.3 is 5.97 Å². The Morgan fingerprint density at radius 1 is 0.968 bits per heavy atom. The van der Waals surface area contributed by atoms with Crippen LogP contribution in [-0.4, -0.2) is 45.5 Å². The minimum atomic E-state index is -3.99. The predicted octanol–water partition coefficient (Wildman–Crippen LogP) is 1.03. The molecule has 0 bridgehead atoms. The molecule has 2 aromatic carbocycles. The summed E-state index contributed by atoms with van der Waals surface area (Å²) in [6.45, 7) is 2.65. The van der Waals surface area contributed by atoms with E-state index in [1.165, 1.54) is 69.5 Å². The van der Waals surface area contributed by atoms with E-state index in [0.717, 1.165) is 0 Å². The number of primary amides is 1. The van der Waals surface area contributed by atoms with Gasteiger partial charge in [0.15, 0.2) is 6.10 Å². The van der Waals surface area contributed by atoms with Gasteiger partial charge in [-0.2, -0.15) is 4.72 Å². The Kier molecular flexibility index (Phi) is 7.72. The van der Waals surface area contributed by atoms with Gasteiger partial charge in [0, 0.05) is 11.3 Å². The first kappa shape index (κ1) is 23.8. The van der Waals surface area contributed by atoms with Crippen LogP contribution < -0.4 is 20.5 Å². The molecule has 10 nitrogen and oxygen atoms in total. The summed E-state index contributed by atoms with van der Waals surface area (Å²) in [6, 6.07) is 10.2. The molecule has 0 aromatic heterocycles. The van der Waals surface area contributed by atoms with Crippen LogP contribution in [0.1, 0.15) is 24.2 Å². The first-order valence-electron chi connectivity index (χ1n) is 9.11. The number of amides is 2. The zero-order valence-electron chi connectivity index (χ0n) is 17.1. The molecule has 0 radical (unpaired) electrons. The van der Waals surface area contributed by atoms with Gasteiger partial charge in [-0.1, -0.05) is 0 Å². The number of benzene rings is 2. The molecule has 31 heavy (non-hydrogen) atoms. The van der Waals surface area contributed by atoms with Gasteiger partial charge in [-0.15, -0.1) is 0 Å². The van der Waals surface area contributed by atoms with E-state index in [9.17, 15) is 22.8 Å². The zero-order valence-corrected chi connectivity index (χ0v) is 17.9. The fourth-order valence-corrected chi connectivity index (χ4v) is 3.59. The molecule has 0 heterocycles. The van der Waals surface area contributed by atoms with Crippen LogP contribution in [0.15, 0.2) is 53.4 Å². The lowest BCUT2D eigenvalue weighted by Crippen LogP contribution is -2.42. The minimum absolute atomic E-state index is 0.0573. The number of nitrogens with one attached hydrogen (secondary N) is 2. The second-order valence-electron chi connectivity index (χ2n) is 6.53. The molecule has 2 atom stereocenters. The maximum absolute atomic E-state index is 12.4. The van der Waals surface area contributed by atoms with E-state index in [4.69, 9.17) is 15.2 Å². The van der Waals surface area contributed by atoms with Crippen molar-refractivity contribution in [1.82, 2.24) is 4.72 Å². The molecule has 166 valence electrons. The van der Waals surface area contributed by atoms with Gasteiger partial charge in [0.1, 0.15) is 11.8 Å². The number of carbonyl (C=O) groups is 3. The van der Waals surface area contributed by atoms with Crippen molar-refractivity contribution < 1.29 is 32.3 Å². The Bertz CT molecular complexity index is 1050. The SMILES string of the molecule is COc1ccc(S(=O)(=O)N[C@@H](C)C(=O)OC(C)C(=O)Nc2ccc(C(N)=O)cc2)cc1. The third-order valence-corrected chi connectivity index (χ3v) is 5.71. The first-order valence-corrected chi connectivity index (χ1v) is 10.6. The number of anilines is 1. The number of rotatable bonds is 9. The van der Waals surface area contributed by atoms with Crippen molar-refractivity contribution >= 4 is 33.5 Å². The van der Waals surface area contributed by atoms with Crippen molar-refractivity contribution in [3.63, 3.8) is 0 Å². The summed E-state index contributed by atoms with van der Waals surface area (Å²) in [5.74, 6) is -1.68. The molecular weight excluding hydrogens is 426 g/mol. The van der Waals surface area contributed by atoms with E-state index >= 15 is 0 Å². The lowest BCUT2D eigenvalue weighted by Gasteiger charge is -2.18. The molecule has 0 fully saturated rings. The Balaban J connectivity index is 1.94. The Morgan fingerprint density at radius 3 is 2.06 bits per heavy atom. The van der Waals surface area contributed by atoms with Gasteiger partial charge in [0.2, 0.25) is 15.9 Å². The number of nitrogens with two attached hydrogens (primary N) is 1. The number of methoxy groups -OCH3 is 1. The third-order valence-electron chi connectivity index (χ3n) is 4.15. The molecule has 4 N–H and O–H groups in total. The molecule has 0 aliphatic heterocycles. The van der Waals surface area contributed by atoms with Crippen LogP contribution in [0, 0.1) is 0 Å². The summed E-state index contributed by atoms with van der Waals surface area (Å²) in [7, 11) is -2.54. The summed E-state index contributed by atoms with van der Waals surface area (Å²) in [5, 5.41) is 2.52. The molecule has 2 aromatic rings. The second-order valence-corrected chi connectivity index (χ2v) is 8.24. The molecule has 2 amide bonds. The smallest absolute Gasteiger partial charge is 0.324 e. The number of sulfonamides is 1. The molecule has 2 rings (SSSR count). The largest absolute Gasteiger partial charge is 0.497 e. The minimum Gasteiger partial charge on any atom is -0.497 e. The molecule has 0 spiro atoms. The first-order chi connectivity index (χ1) is 14.5. The Hall–Kier alpha value is -3.44. The van der Waals surface area contributed by atoms with Crippen molar-refractivity contribution in [2.75, 3.05) is 12.4 Å². The molecule has 11 heteroatoms. The van der Waals surface area contributed by atoms with Crippen LogP contribution in [0.5, 0.6) is 5.75 Å². The average molecular weight is 449 g/mol. The fourth-order valence-electron chi connectivity index (χ4n) is 2.40. The van der Waals surface area contributed by atoms with Gasteiger partial charge < -0.3 is 20.5 Å². The van der Waals surface area contributed by atoms with Gasteiger partial charge in [-0.3, -0.25) is 14.4 Å². The highest BCUT2D eigenvalue weighted by Crippen LogP contribution is 2.16. The normalized spacial score (nSPS) is 13.0. The molecule has 0 saturated heterocycles. The maximum atomic E-state index is 12.4. The number of esters is 1. The topological polar surface area (TPSA) is 154 Å². The van der Waals surface area contributed by atoms with E-state index in [-0.39, 0.29) is 10.5 Å². The van der Waals surface area contributed by atoms with E-state index in [2.05, 4.69) is 10.0 Å². The van der Waals surface area contributed by atoms with Crippen LogP contribution >= 0.6 is 0 Å². The monoisotopic (exact) mass is 449 g/mol. The van der Waals surface area contributed by atoms with Crippen molar-refractivity contribution in [3.8, 4) is 5.75 Å². The summed E-state index contributed by atoms with van der Waals surface area (Å²) in [4.78, 5) is 35.5. The van der Waals surface area contributed by atoms with Crippen LogP contribution in [0.4, 0.5) is 5.69 Å². The molecule has 0 saturated carbocycles. The van der Waals surface area contributed by atoms with Crippen molar-refractivity contribution in [3.05, 3.63) is 54.1 Å². The highest BCUT2D eigenvalue weighted by Gasteiger charge is 2.26. The lowest BCUT2D eigenvalue weighted by atomic mass is 10.2. The van der Waals surface area contributed by atoms with Gasteiger partial charge in [-0.05, 0) is 62.4 Å². The van der Waals surface area contributed by atoms with Crippen molar-refractivity contribution in [1.29, 1.82) is 0 Å². The second kappa shape index (κ2) is 10.0. The molecule has 1 unspecified atom stereocenters. The number of carbonyl (C=O) groups excluding carboxylic acids is 3. The highest BCUT2D eigenvalue weighted by molar-refractivity contribution is 7.89. The zero-order chi connectivity index (χ0) is 23.2. The van der Waals surface area contributed by atoms with Crippen LogP contribution in [-0.2, 0) is 24.3 Å². The molecular formula is C20H23N3O7S. The third kappa shape index (κ3) is 6.52. The Labute approximate surface area is 179 Å². The summed E-state index contributed by atoms with van der Waals surface area (Å²) in [6.07, 6.45) is -1.20. The van der Waals surface area contributed by atoms with Crippen molar-refractivity contribution in [2.24, 2.45) is 5.73 Å². The van der Waals surface area contributed by atoms with Gasteiger partial charge in [0.05, 0.1) is 12.0 Å². The maximum Gasteiger partial charge on any atom is 0.324 e. The van der Waals surface area contributed by atoms with E-state index in [0.29, 0.717) is 11.4 Å². The highest BCUT2D eigenvalue weighted by atomic mass is 32.2. The Morgan fingerprint density at radius 2 is 1.55 bits per heavy atom. The van der Waals surface area contributed by atoms with Crippen molar-refractivity contribution in [2.45, 2.75) is 30.9 Å². The summed E-state index contributed by atoms with van der Waals surface area (Å²) >= 11 is 0. The molecule has 0 aliphatic rings. The lowest BCUT2D eigenvalue weighted by molar-refractivity contribution is -0.154. The van der Waals surface area contributed by atoms with Gasteiger partial charge in [-0.25, -0.2) is 8.42 Å². The standard InChI is InChI=1S/C20H23N3O7S/c1-12(23-31(27,28)17-10-8-16(29-3)9-11-17)20(26)30-13(2)19(25)22-15-6-4-14(5-7-15)18(21)24/h4-13,23H,1-3H3,(H2,21,24)(H,22,25)/t12-,13?/m0/s1. The van der Waals surface area contributed by atoms with E-state index < -0.39 is 40.0 Å². The van der Waals surface area contributed by atoms with Crippen LogP contribution in [0.2, 0.25) is 0 Å². The molecule has 0 aliphatic carbocycles. The van der Waals surface area contributed by atoms with Crippen LogP contribution in [0.3, 0.4) is 0 Å². The quantitative estimate of drug-likeness (QED) is 0.483. The number of ether oxygens (including phenoxy) is 2. The summed E-state index contributed by atoms with van der Waals surface area (Å²) < 4.78 is 37.1. The predicted molar refractivity (Wildman–Crippen MR) is 112 cm³/mol.